The molecule has 2 N–H and O–H groups in total. The van der Waals surface area contributed by atoms with Gasteiger partial charge in [-0.2, -0.15) is 4.31 Å². The summed E-state index contributed by atoms with van der Waals surface area (Å²) >= 11 is 0. The molecule has 2 rings (SSSR count). The first-order valence-corrected chi connectivity index (χ1v) is 7.44. The van der Waals surface area contributed by atoms with Gasteiger partial charge in [-0.25, -0.2) is 17.2 Å². The maximum atomic E-state index is 13.7. The molecule has 0 aliphatic carbocycles. The lowest BCUT2D eigenvalue weighted by Gasteiger charge is -2.21. The third-order valence-electron chi connectivity index (χ3n) is 3.33. The molecule has 106 valence electrons. The maximum Gasteiger partial charge on any atom is 0.246 e. The SMILES string of the molecule is CC1CC(C)N(S(=O)(=O)c2cc(N)cc(F)c2F)C1. The fraction of sp³-hybridized carbons (Fsp3) is 0.500. The van der Waals surface area contributed by atoms with Gasteiger partial charge in [0.05, 0.1) is 0 Å². The van der Waals surface area contributed by atoms with E-state index in [4.69, 9.17) is 5.73 Å². The summed E-state index contributed by atoms with van der Waals surface area (Å²) in [5, 5.41) is 0. The van der Waals surface area contributed by atoms with Crippen LogP contribution < -0.4 is 5.73 Å². The molecule has 1 aliphatic rings. The molecule has 0 amide bonds. The van der Waals surface area contributed by atoms with Gasteiger partial charge in [-0.3, -0.25) is 0 Å². The van der Waals surface area contributed by atoms with Gasteiger partial charge in [0.2, 0.25) is 10.0 Å². The van der Waals surface area contributed by atoms with Gasteiger partial charge in [-0.1, -0.05) is 6.92 Å². The molecule has 0 radical (unpaired) electrons. The monoisotopic (exact) mass is 290 g/mol. The molecule has 0 aromatic heterocycles. The number of nitrogen functional groups attached to an aromatic ring is 1. The number of sulfonamides is 1. The summed E-state index contributed by atoms with van der Waals surface area (Å²) < 4.78 is 53.0. The Morgan fingerprint density at radius 1 is 1.32 bits per heavy atom. The summed E-state index contributed by atoms with van der Waals surface area (Å²) in [5.41, 5.74) is 5.28. The highest BCUT2D eigenvalue weighted by molar-refractivity contribution is 7.89. The van der Waals surface area contributed by atoms with Crippen LogP contribution in [-0.4, -0.2) is 25.3 Å². The smallest absolute Gasteiger partial charge is 0.246 e. The molecule has 4 nitrogen and oxygen atoms in total. The molecule has 7 heteroatoms. The van der Waals surface area contributed by atoms with Crippen molar-refractivity contribution in [2.75, 3.05) is 12.3 Å². The van der Waals surface area contributed by atoms with Crippen molar-refractivity contribution in [1.29, 1.82) is 0 Å². The number of halogens is 2. The van der Waals surface area contributed by atoms with E-state index in [0.29, 0.717) is 13.0 Å². The first-order chi connectivity index (χ1) is 8.73. The molecule has 1 aromatic carbocycles. The van der Waals surface area contributed by atoms with Crippen LogP contribution in [0.1, 0.15) is 20.3 Å². The largest absolute Gasteiger partial charge is 0.399 e. The van der Waals surface area contributed by atoms with Crippen LogP contribution in [0.2, 0.25) is 0 Å². The molecule has 2 unspecified atom stereocenters. The van der Waals surface area contributed by atoms with Crippen LogP contribution in [-0.2, 0) is 10.0 Å². The second-order valence-electron chi connectivity index (χ2n) is 5.08. The van der Waals surface area contributed by atoms with Crippen LogP contribution >= 0.6 is 0 Å². The number of nitrogens with zero attached hydrogens (tertiary/aromatic N) is 1. The number of anilines is 1. The Bertz CT molecular complexity index is 604. The minimum absolute atomic E-state index is 0.114. The van der Waals surface area contributed by atoms with Gasteiger partial charge in [-0.05, 0) is 31.4 Å². The van der Waals surface area contributed by atoms with Crippen LogP contribution in [0.25, 0.3) is 0 Å². The highest BCUT2D eigenvalue weighted by Gasteiger charge is 2.38. The second-order valence-corrected chi connectivity index (χ2v) is 6.94. The Morgan fingerprint density at radius 3 is 2.47 bits per heavy atom. The Kier molecular flexibility index (Phi) is 3.53. The van der Waals surface area contributed by atoms with E-state index in [1.165, 1.54) is 4.31 Å². The van der Waals surface area contributed by atoms with Gasteiger partial charge in [0.25, 0.3) is 0 Å². The number of nitrogens with two attached hydrogens (primary N) is 1. The van der Waals surface area contributed by atoms with Gasteiger partial charge in [-0.15, -0.1) is 0 Å². The lowest BCUT2D eigenvalue weighted by Crippen LogP contribution is -2.34. The lowest BCUT2D eigenvalue weighted by atomic mass is 10.1. The van der Waals surface area contributed by atoms with Crippen molar-refractivity contribution in [2.45, 2.75) is 31.2 Å². The fourth-order valence-electron chi connectivity index (χ4n) is 2.49. The van der Waals surface area contributed by atoms with Crippen molar-refractivity contribution in [1.82, 2.24) is 4.31 Å². The summed E-state index contributed by atoms with van der Waals surface area (Å²) in [6, 6.07) is 1.50. The Labute approximate surface area is 111 Å². The molecule has 0 saturated carbocycles. The first-order valence-electron chi connectivity index (χ1n) is 6.00. The third kappa shape index (κ3) is 2.44. The van der Waals surface area contributed by atoms with E-state index in [2.05, 4.69) is 0 Å². The summed E-state index contributed by atoms with van der Waals surface area (Å²) in [4.78, 5) is -0.689. The van der Waals surface area contributed by atoms with Crippen LogP contribution in [0, 0.1) is 17.6 Å². The molecule has 1 aromatic rings. The standard InChI is InChI=1S/C12H16F2N2O2S/c1-7-3-8(2)16(6-7)19(17,18)11-5-9(15)4-10(13)12(11)14/h4-5,7-8H,3,6,15H2,1-2H3. The van der Waals surface area contributed by atoms with E-state index in [-0.39, 0.29) is 17.6 Å². The van der Waals surface area contributed by atoms with Gasteiger partial charge in [0.15, 0.2) is 11.6 Å². The highest BCUT2D eigenvalue weighted by Crippen LogP contribution is 2.31. The van der Waals surface area contributed by atoms with Crippen LogP contribution in [0.15, 0.2) is 17.0 Å². The molecule has 1 fully saturated rings. The van der Waals surface area contributed by atoms with Crippen LogP contribution in [0.4, 0.5) is 14.5 Å². The maximum absolute atomic E-state index is 13.7. The zero-order valence-electron chi connectivity index (χ0n) is 10.7. The van der Waals surface area contributed by atoms with Gasteiger partial charge in [0.1, 0.15) is 4.90 Å². The Balaban J connectivity index is 2.52. The van der Waals surface area contributed by atoms with E-state index in [9.17, 15) is 17.2 Å². The minimum Gasteiger partial charge on any atom is -0.399 e. The van der Waals surface area contributed by atoms with Gasteiger partial charge in [0, 0.05) is 18.3 Å². The van der Waals surface area contributed by atoms with Crippen molar-refractivity contribution < 1.29 is 17.2 Å². The van der Waals surface area contributed by atoms with Crippen molar-refractivity contribution in [3.63, 3.8) is 0 Å². The fourth-order valence-corrected chi connectivity index (χ4v) is 4.37. The van der Waals surface area contributed by atoms with Crippen molar-refractivity contribution in [3.05, 3.63) is 23.8 Å². The summed E-state index contributed by atoms with van der Waals surface area (Å²) in [7, 11) is -4.06. The average Bonchev–Trinajstić information content (AvgIpc) is 2.63. The molecule has 1 heterocycles. The third-order valence-corrected chi connectivity index (χ3v) is 5.31. The molecule has 1 saturated heterocycles. The molecule has 1 aliphatic heterocycles. The van der Waals surface area contributed by atoms with E-state index < -0.39 is 26.6 Å². The number of hydrogen-bond donors (Lipinski definition) is 1. The van der Waals surface area contributed by atoms with Gasteiger partial charge >= 0.3 is 0 Å². The molecule has 0 bridgehead atoms. The van der Waals surface area contributed by atoms with E-state index in [1.54, 1.807) is 6.92 Å². The summed E-state index contributed by atoms with van der Waals surface area (Å²) in [6.45, 7) is 3.98. The van der Waals surface area contributed by atoms with E-state index in [0.717, 1.165) is 12.1 Å². The molecule has 2 atom stereocenters. The lowest BCUT2D eigenvalue weighted by molar-refractivity contribution is 0.399. The predicted octanol–water partition coefficient (Wildman–Crippen LogP) is 1.97. The topological polar surface area (TPSA) is 63.4 Å². The van der Waals surface area contributed by atoms with E-state index in [1.807, 2.05) is 6.92 Å². The van der Waals surface area contributed by atoms with Crippen molar-refractivity contribution >= 4 is 15.7 Å². The molecule has 19 heavy (non-hydrogen) atoms. The Morgan fingerprint density at radius 2 is 1.95 bits per heavy atom. The summed E-state index contributed by atoms with van der Waals surface area (Å²) in [6.07, 6.45) is 0.700. The second kappa shape index (κ2) is 4.72. The van der Waals surface area contributed by atoms with E-state index >= 15 is 0 Å². The van der Waals surface area contributed by atoms with Crippen molar-refractivity contribution in [2.24, 2.45) is 5.92 Å². The zero-order chi connectivity index (χ0) is 14.4. The number of benzene rings is 1. The first kappa shape index (κ1) is 14.2. The number of rotatable bonds is 2. The van der Waals surface area contributed by atoms with Gasteiger partial charge < -0.3 is 5.73 Å². The van der Waals surface area contributed by atoms with Crippen LogP contribution in [0.3, 0.4) is 0 Å². The quantitative estimate of drug-likeness (QED) is 0.847. The molecule has 0 spiro atoms. The molecular formula is C12H16F2N2O2S. The molecular weight excluding hydrogens is 274 g/mol. The summed E-state index contributed by atoms with van der Waals surface area (Å²) in [5.74, 6) is -2.43. The predicted molar refractivity (Wildman–Crippen MR) is 67.9 cm³/mol. The normalized spacial score (nSPS) is 24.8. The van der Waals surface area contributed by atoms with Crippen LogP contribution in [0.5, 0.6) is 0 Å². The Hall–Kier alpha value is -1.21. The zero-order valence-corrected chi connectivity index (χ0v) is 11.5. The van der Waals surface area contributed by atoms with Crippen molar-refractivity contribution in [3.8, 4) is 0 Å². The number of hydrogen-bond acceptors (Lipinski definition) is 3. The average molecular weight is 290 g/mol. The minimum atomic E-state index is -4.06. The highest BCUT2D eigenvalue weighted by atomic mass is 32.2.